The SMILES string of the molecule is CC1CCN(Cc2csc(N3CCN(C(=O)c4ccc(F)c(F)c4)CC3)n2)CC1. The average molecular weight is 421 g/mol. The Kier molecular flexibility index (Phi) is 6.10. The van der Waals surface area contributed by atoms with Crippen molar-refractivity contribution < 1.29 is 13.6 Å². The number of halogens is 2. The molecule has 4 rings (SSSR count). The Hall–Kier alpha value is -2.06. The number of hydrogen-bond acceptors (Lipinski definition) is 5. The van der Waals surface area contributed by atoms with E-state index in [0.29, 0.717) is 26.2 Å². The molecule has 0 radical (unpaired) electrons. The zero-order valence-corrected chi connectivity index (χ0v) is 17.4. The molecular weight excluding hydrogens is 394 g/mol. The van der Waals surface area contributed by atoms with Gasteiger partial charge >= 0.3 is 0 Å². The molecule has 1 aromatic carbocycles. The summed E-state index contributed by atoms with van der Waals surface area (Å²) in [4.78, 5) is 23.7. The van der Waals surface area contributed by atoms with Crippen LogP contribution < -0.4 is 4.90 Å². The number of anilines is 1. The van der Waals surface area contributed by atoms with Gasteiger partial charge in [-0.05, 0) is 50.0 Å². The lowest BCUT2D eigenvalue weighted by Gasteiger charge is -2.34. The Bertz CT molecular complexity index is 858. The van der Waals surface area contributed by atoms with E-state index in [1.54, 1.807) is 16.2 Å². The van der Waals surface area contributed by atoms with Crippen molar-refractivity contribution in [1.29, 1.82) is 0 Å². The van der Waals surface area contributed by atoms with Crippen LogP contribution in [0.3, 0.4) is 0 Å². The van der Waals surface area contributed by atoms with Crippen molar-refractivity contribution in [1.82, 2.24) is 14.8 Å². The number of piperazine rings is 1. The van der Waals surface area contributed by atoms with Crippen LogP contribution in [0.25, 0.3) is 0 Å². The van der Waals surface area contributed by atoms with Crippen molar-refractivity contribution in [3.8, 4) is 0 Å². The van der Waals surface area contributed by atoms with Crippen molar-refractivity contribution in [2.75, 3.05) is 44.2 Å². The van der Waals surface area contributed by atoms with Crippen molar-refractivity contribution in [3.05, 3.63) is 46.5 Å². The smallest absolute Gasteiger partial charge is 0.254 e. The number of carbonyl (C=O) groups is 1. The Morgan fingerprint density at radius 2 is 1.83 bits per heavy atom. The van der Waals surface area contributed by atoms with E-state index in [-0.39, 0.29) is 11.5 Å². The number of aromatic nitrogens is 1. The minimum absolute atomic E-state index is 0.185. The average Bonchev–Trinajstić information content (AvgIpc) is 3.20. The molecule has 2 aliphatic heterocycles. The molecule has 8 heteroatoms. The van der Waals surface area contributed by atoms with Crippen LogP contribution in [-0.4, -0.2) is 60.0 Å². The van der Waals surface area contributed by atoms with Gasteiger partial charge in [-0.25, -0.2) is 13.8 Å². The fourth-order valence-electron chi connectivity index (χ4n) is 3.88. The number of thiazole rings is 1. The topological polar surface area (TPSA) is 39.7 Å². The van der Waals surface area contributed by atoms with Crippen molar-refractivity contribution in [2.45, 2.75) is 26.3 Å². The molecule has 2 aromatic rings. The van der Waals surface area contributed by atoms with E-state index in [9.17, 15) is 13.6 Å². The molecule has 0 unspecified atom stereocenters. The number of carbonyl (C=O) groups excluding carboxylic acids is 1. The van der Waals surface area contributed by atoms with Gasteiger partial charge in [0.2, 0.25) is 0 Å². The number of nitrogens with zero attached hydrogens (tertiary/aromatic N) is 4. The van der Waals surface area contributed by atoms with E-state index in [1.807, 2.05) is 0 Å². The Morgan fingerprint density at radius 3 is 2.52 bits per heavy atom. The first-order chi connectivity index (χ1) is 14.0. The summed E-state index contributed by atoms with van der Waals surface area (Å²) in [6, 6.07) is 3.30. The lowest BCUT2D eigenvalue weighted by molar-refractivity contribution is 0.0746. The Labute approximate surface area is 173 Å². The third kappa shape index (κ3) is 4.75. The highest BCUT2D eigenvalue weighted by atomic mass is 32.1. The van der Waals surface area contributed by atoms with Gasteiger partial charge in [0.1, 0.15) is 0 Å². The third-order valence-corrected chi connectivity index (χ3v) is 6.76. The van der Waals surface area contributed by atoms with Crippen LogP contribution in [0.5, 0.6) is 0 Å². The van der Waals surface area contributed by atoms with E-state index in [2.05, 4.69) is 22.1 Å². The van der Waals surface area contributed by atoms with Crippen LogP contribution >= 0.6 is 11.3 Å². The quantitative estimate of drug-likeness (QED) is 0.758. The third-order valence-electron chi connectivity index (χ3n) is 5.81. The fourth-order valence-corrected chi connectivity index (χ4v) is 4.75. The maximum Gasteiger partial charge on any atom is 0.254 e. The van der Waals surface area contributed by atoms with Crippen LogP contribution in [0.1, 0.15) is 35.8 Å². The highest BCUT2D eigenvalue weighted by Gasteiger charge is 2.25. The summed E-state index contributed by atoms with van der Waals surface area (Å²) >= 11 is 1.65. The number of hydrogen-bond donors (Lipinski definition) is 0. The van der Waals surface area contributed by atoms with Crippen LogP contribution in [-0.2, 0) is 6.54 Å². The molecule has 1 amide bonds. The summed E-state index contributed by atoms with van der Waals surface area (Å²) in [5.74, 6) is -1.37. The summed E-state index contributed by atoms with van der Waals surface area (Å²) in [7, 11) is 0. The van der Waals surface area contributed by atoms with Gasteiger partial charge in [0.05, 0.1) is 5.69 Å². The van der Waals surface area contributed by atoms with Crippen LogP contribution in [0.2, 0.25) is 0 Å². The van der Waals surface area contributed by atoms with Gasteiger partial charge in [-0.1, -0.05) is 6.92 Å². The Balaban J connectivity index is 1.31. The summed E-state index contributed by atoms with van der Waals surface area (Å²) in [6.07, 6.45) is 2.51. The molecule has 0 saturated carbocycles. The first-order valence-corrected chi connectivity index (χ1v) is 11.0. The summed E-state index contributed by atoms with van der Waals surface area (Å²) in [5.41, 5.74) is 1.30. The van der Waals surface area contributed by atoms with Crippen molar-refractivity contribution in [3.63, 3.8) is 0 Å². The van der Waals surface area contributed by atoms with Crippen molar-refractivity contribution >= 4 is 22.4 Å². The second-order valence-electron chi connectivity index (χ2n) is 7.99. The highest BCUT2D eigenvalue weighted by molar-refractivity contribution is 7.13. The van der Waals surface area contributed by atoms with E-state index < -0.39 is 11.6 Å². The zero-order chi connectivity index (χ0) is 20.4. The first-order valence-electron chi connectivity index (χ1n) is 10.2. The molecule has 0 spiro atoms. The number of amides is 1. The molecule has 29 heavy (non-hydrogen) atoms. The van der Waals surface area contributed by atoms with Crippen molar-refractivity contribution in [2.24, 2.45) is 5.92 Å². The van der Waals surface area contributed by atoms with Crippen LogP contribution in [0, 0.1) is 17.6 Å². The molecule has 5 nitrogen and oxygen atoms in total. The molecule has 2 aliphatic rings. The molecule has 1 aromatic heterocycles. The minimum atomic E-state index is -0.993. The predicted octanol–water partition coefficient (Wildman–Crippen LogP) is 3.62. The number of benzene rings is 1. The molecule has 0 atom stereocenters. The van der Waals surface area contributed by atoms with Crippen LogP contribution in [0.4, 0.5) is 13.9 Å². The first kappa shape index (κ1) is 20.2. The fraction of sp³-hybridized carbons (Fsp3) is 0.524. The summed E-state index contributed by atoms with van der Waals surface area (Å²) in [5, 5.41) is 3.12. The predicted molar refractivity (Wildman–Crippen MR) is 110 cm³/mol. The van der Waals surface area contributed by atoms with Gasteiger partial charge in [-0.3, -0.25) is 9.69 Å². The highest BCUT2D eigenvalue weighted by Crippen LogP contribution is 2.25. The van der Waals surface area contributed by atoms with Gasteiger partial charge in [0.25, 0.3) is 5.91 Å². The number of likely N-dealkylation sites (tertiary alicyclic amines) is 1. The van der Waals surface area contributed by atoms with Gasteiger partial charge in [-0.2, -0.15) is 0 Å². The lowest BCUT2D eigenvalue weighted by Crippen LogP contribution is -2.48. The summed E-state index contributed by atoms with van der Waals surface area (Å²) in [6.45, 7) is 7.94. The van der Waals surface area contributed by atoms with Gasteiger partial charge < -0.3 is 9.80 Å². The molecule has 0 bridgehead atoms. The molecular formula is C21H26F2N4OS. The molecule has 0 aliphatic carbocycles. The van der Waals surface area contributed by atoms with E-state index in [4.69, 9.17) is 4.98 Å². The number of rotatable bonds is 4. The Morgan fingerprint density at radius 1 is 1.10 bits per heavy atom. The van der Waals surface area contributed by atoms with E-state index >= 15 is 0 Å². The van der Waals surface area contributed by atoms with Gasteiger partial charge in [-0.15, -0.1) is 11.3 Å². The van der Waals surface area contributed by atoms with E-state index in [1.165, 1.54) is 18.9 Å². The normalized spacial score (nSPS) is 19.0. The second kappa shape index (κ2) is 8.75. The maximum atomic E-state index is 13.4. The molecule has 0 N–H and O–H groups in total. The molecule has 2 saturated heterocycles. The molecule has 156 valence electrons. The monoisotopic (exact) mass is 420 g/mol. The molecule has 3 heterocycles. The summed E-state index contributed by atoms with van der Waals surface area (Å²) < 4.78 is 26.5. The van der Waals surface area contributed by atoms with E-state index in [0.717, 1.165) is 48.5 Å². The lowest BCUT2D eigenvalue weighted by atomic mass is 9.99. The van der Waals surface area contributed by atoms with Gasteiger partial charge in [0, 0.05) is 43.7 Å². The standard InChI is InChI=1S/C21H26F2N4OS/c1-15-4-6-25(7-5-15)13-17-14-29-21(24-17)27-10-8-26(9-11-27)20(28)16-2-3-18(22)19(23)12-16/h2-3,12,14-15H,4-11,13H2,1H3. The van der Waals surface area contributed by atoms with Gasteiger partial charge in [0.15, 0.2) is 16.8 Å². The molecule has 2 fully saturated rings. The largest absolute Gasteiger partial charge is 0.345 e. The second-order valence-corrected chi connectivity index (χ2v) is 8.82. The minimum Gasteiger partial charge on any atom is -0.345 e. The zero-order valence-electron chi connectivity index (χ0n) is 16.6. The number of piperidine rings is 1. The van der Waals surface area contributed by atoms with Crippen LogP contribution in [0.15, 0.2) is 23.6 Å². The maximum absolute atomic E-state index is 13.4.